The van der Waals surface area contributed by atoms with Gasteiger partial charge in [-0.15, -0.1) is 0 Å². The SMILES string of the molecule is CCOc1ccc(C(=O)NNC(=O)/C=C/c2ccc(C)cc2)cc1. The van der Waals surface area contributed by atoms with Crippen LogP contribution in [-0.4, -0.2) is 18.4 Å². The molecule has 0 radical (unpaired) electrons. The number of carbonyl (C=O) groups is 2. The molecule has 0 aliphatic rings. The summed E-state index contributed by atoms with van der Waals surface area (Å²) in [6.45, 7) is 4.45. The van der Waals surface area contributed by atoms with Gasteiger partial charge >= 0.3 is 0 Å². The van der Waals surface area contributed by atoms with Crippen molar-refractivity contribution in [2.24, 2.45) is 0 Å². The van der Waals surface area contributed by atoms with E-state index in [0.717, 1.165) is 11.1 Å². The molecule has 2 aromatic rings. The van der Waals surface area contributed by atoms with Gasteiger partial charge in [0.2, 0.25) is 0 Å². The fourth-order valence-corrected chi connectivity index (χ4v) is 1.95. The third-order valence-corrected chi connectivity index (χ3v) is 3.23. The van der Waals surface area contributed by atoms with Crippen LogP contribution in [0.1, 0.15) is 28.4 Å². The van der Waals surface area contributed by atoms with Crippen molar-refractivity contribution in [3.63, 3.8) is 0 Å². The molecule has 2 rings (SSSR count). The van der Waals surface area contributed by atoms with Crippen molar-refractivity contribution < 1.29 is 14.3 Å². The second-order valence-corrected chi connectivity index (χ2v) is 5.14. The van der Waals surface area contributed by atoms with Gasteiger partial charge in [-0.1, -0.05) is 29.8 Å². The first-order valence-electron chi connectivity index (χ1n) is 7.66. The molecule has 0 atom stereocenters. The van der Waals surface area contributed by atoms with Gasteiger partial charge in [0.1, 0.15) is 5.75 Å². The predicted molar refractivity (Wildman–Crippen MR) is 93.4 cm³/mol. The number of hydrogen-bond donors (Lipinski definition) is 2. The van der Waals surface area contributed by atoms with Crippen LogP contribution in [0.3, 0.4) is 0 Å². The molecule has 0 spiro atoms. The third kappa shape index (κ3) is 5.28. The lowest BCUT2D eigenvalue weighted by molar-refractivity contribution is -0.117. The Bertz CT molecular complexity index is 719. The summed E-state index contributed by atoms with van der Waals surface area (Å²) in [7, 11) is 0. The lowest BCUT2D eigenvalue weighted by Crippen LogP contribution is -2.40. The molecule has 0 aliphatic heterocycles. The molecule has 0 saturated carbocycles. The van der Waals surface area contributed by atoms with Crippen molar-refractivity contribution in [1.29, 1.82) is 0 Å². The van der Waals surface area contributed by atoms with Crippen LogP contribution in [0.25, 0.3) is 6.08 Å². The smallest absolute Gasteiger partial charge is 0.269 e. The minimum Gasteiger partial charge on any atom is -0.494 e. The average Bonchev–Trinajstić information content (AvgIpc) is 2.60. The molecule has 0 heterocycles. The van der Waals surface area contributed by atoms with Crippen LogP contribution in [0.15, 0.2) is 54.6 Å². The van der Waals surface area contributed by atoms with Gasteiger partial charge in [0.15, 0.2) is 0 Å². The number of hydrazine groups is 1. The number of amides is 2. The minimum absolute atomic E-state index is 0.393. The number of aryl methyl sites for hydroxylation is 1. The van der Waals surface area contributed by atoms with E-state index in [1.165, 1.54) is 6.08 Å². The van der Waals surface area contributed by atoms with Crippen molar-refractivity contribution in [3.05, 3.63) is 71.3 Å². The Hall–Kier alpha value is -3.08. The van der Waals surface area contributed by atoms with Crippen molar-refractivity contribution in [2.45, 2.75) is 13.8 Å². The molecule has 0 unspecified atom stereocenters. The molecule has 2 N–H and O–H groups in total. The van der Waals surface area contributed by atoms with Crippen molar-refractivity contribution >= 4 is 17.9 Å². The van der Waals surface area contributed by atoms with E-state index in [0.29, 0.717) is 17.9 Å². The van der Waals surface area contributed by atoms with E-state index in [1.54, 1.807) is 30.3 Å². The molecule has 0 aliphatic carbocycles. The molecular weight excluding hydrogens is 304 g/mol. The molecule has 0 fully saturated rings. The van der Waals surface area contributed by atoms with E-state index in [9.17, 15) is 9.59 Å². The molecule has 124 valence electrons. The summed E-state index contributed by atoms with van der Waals surface area (Å²) in [5.74, 6) is -0.107. The monoisotopic (exact) mass is 324 g/mol. The number of ether oxygens (including phenoxy) is 1. The maximum Gasteiger partial charge on any atom is 0.269 e. The summed E-state index contributed by atoms with van der Waals surface area (Å²) in [5, 5.41) is 0. The van der Waals surface area contributed by atoms with Gasteiger partial charge in [-0.3, -0.25) is 20.4 Å². The maximum atomic E-state index is 11.9. The fourth-order valence-electron chi connectivity index (χ4n) is 1.95. The second kappa shape index (κ2) is 8.53. The summed E-state index contributed by atoms with van der Waals surface area (Å²) in [4.78, 5) is 23.7. The topological polar surface area (TPSA) is 67.4 Å². The van der Waals surface area contributed by atoms with Crippen LogP contribution < -0.4 is 15.6 Å². The van der Waals surface area contributed by atoms with E-state index >= 15 is 0 Å². The van der Waals surface area contributed by atoms with Gasteiger partial charge in [0.25, 0.3) is 11.8 Å². The standard InChI is InChI=1S/C19H20N2O3/c1-3-24-17-11-9-16(10-12-17)19(23)21-20-18(22)13-8-15-6-4-14(2)5-7-15/h4-13H,3H2,1-2H3,(H,20,22)(H,21,23)/b13-8+. The van der Waals surface area contributed by atoms with Crippen LogP contribution in [0.2, 0.25) is 0 Å². The first kappa shape index (κ1) is 17.3. The zero-order valence-corrected chi connectivity index (χ0v) is 13.7. The molecule has 0 aromatic heterocycles. The van der Waals surface area contributed by atoms with E-state index in [1.807, 2.05) is 38.1 Å². The highest BCUT2D eigenvalue weighted by molar-refractivity contribution is 5.97. The Kier molecular flexibility index (Phi) is 6.14. The summed E-state index contributed by atoms with van der Waals surface area (Å²) in [6, 6.07) is 14.4. The van der Waals surface area contributed by atoms with Crippen LogP contribution >= 0.6 is 0 Å². The average molecular weight is 324 g/mol. The second-order valence-electron chi connectivity index (χ2n) is 5.14. The van der Waals surface area contributed by atoms with E-state index in [-0.39, 0.29) is 0 Å². The molecule has 0 saturated heterocycles. The number of carbonyl (C=O) groups excluding carboxylic acids is 2. The highest BCUT2D eigenvalue weighted by Gasteiger charge is 2.06. The van der Waals surface area contributed by atoms with Gasteiger partial charge in [0, 0.05) is 11.6 Å². The van der Waals surface area contributed by atoms with Crippen molar-refractivity contribution in [2.75, 3.05) is 6.61 Å². The van der Waals surface area contributed by atoms with E-state index < -0.39 is 11.8 Å². The molecular formula is C19H20N2O3. The summed E-state index contributed by atoms with van der Waals surface area (Å²) >= 11 is 0. The van der Waals surface area contributed by atoms with Gasteiger partial charge in [-0.2, -0.15) is 0 Å². The van der Waals surface area contributed by atoms with Gasteiger partial charge in [0.05, 0.1) is 6.61 Å². The number of rotatable bonds is 5. The number of benzene rings is 2. The highest BCUT2D eigenvalue weighted by Crippen LogP contribution is 2.11. The summed E-state index contributed by atoms with van der Waals surface area (Å²) < 4.78 is 5.31. The van der Waals surface area contributed by atoms with Crippen LogP contribution in [0.4, 0.5) is 0 Å². The molecule has 5 heteroatoms. The van der Waals surface area contributed by atoms with Crippen molar-refractivity contribution in [3.8, 4) is 5.75 Å². The summed E-state index contributed by atoms with van der Waals surface area (Å²) in [6.07, 6.45) is 3.04. The Balaban J connectivity index is 1.84. The molecule has 0 bridgehead atoms. The summed E-state index contributed by atoms with van der Waals surface area (Å²) in [5.41, 5.74) is 7.21. The quantitative estimate of drug-likeness (QED) is 0.656. The first-order valence-corrected chi connectivity index (χ1v) is 7.66. The van der Waals surface area contributed by atoms with E-state index in [2.05, 4.69) is 10.9 Å². The lowest BCUT2D eigenvalue weighted by atomic mass is 10.1. The highest BCUT2D eigenvalue weighted by atomic mass is 16.5. The first-order chi connectivity index (χ1) is 11.6. The Morgan fingerprint density at radius 1 is 1.00 bits per heavy atom. The van der Waals surface area contributed by atoms with E-state index in [4.69, 9.17) is 4.74 Å². The molecule has 2 amide bonds. The normalized spacial score (nSPS) is 10.4. The minimum atomic E-state index is -0.408. The molecule has 24 heavy (non-hydrogen) atoms. The van der Waals surface area contributed by atoms with Gasteiger partial charge < -0.3 is 4.74 Å². The zero-order chi connectivity index (χ0) is 17.4. The van der Waals surface area contributed by atoms with Crippen LogP contribution in [0, 0.1) is 6.92 Å². The number of nitrogens with one attached hydrogen (secondary N) is 2. The molecule has 5 nitrogen and oxygen atoms in total. The lowest BCUT2D eigenvalue weighted by Gasteiger charge is -2.06. The third-order valence-electron chi connectivity index (χ3n) is 3.23. The Morgan fingerprint density at radius 3 is 2.29 bits per heavy atom. The molecule has 2 aromatic carbocycles. The van der Waals surface area contributed by atoms with Crippen molar-refractivity contribution in [1.82, 2.24) is 10.9 Å². The Morgan fingerprint density at radius 2 is 1.67 bits per heavy atom. The maximum absolute atomic E-state index is 11.9. The van der Waals surface area contributed by atoms with Gasteiger partial charge in [-0.25, -0.2) is 0 Å². The number of hydrogen-bond acceptors (Lipinski definition) is 3. The van der Waals surface area contributed by atoms with Gasteiger partial charge in [-0.05, 0) is 49.8 Å². The predicted octanol–water partition coefficient (Wildman–Crippen LogP) is 2.87. The van der Waals surface area contributed by atoms with Crippen LogP contribution in [-0.2, 0) is 4.79 Å². The Labute approximate surface area is 141 Å². The largest absolute Gasteiger partial charge is 0.494 e. The fraction of sp³-hybridized carbons (Fsp3) is 0.158. The van der Waals surface area contributed by atoms with Crippen LogP contribution in [0.5, 0.6) is 5.75 Å². The zero-order valence-electron chi connectivity index (χ0n) is 13.7.